The van der Waals surface area contributed by atoms with Crippen LogP contribution in [-0.2, 0) is 37.2 Å². The first-order valence-electron chi connectivity index (χ1n) is 13.0. The van der Waals surface area contributed by atoms with E-state index in [1.807, 2.05) is 28.8 Å². The van der Waals surface area contributed by atoms with E-state index in [1.54, 1.807) is 17.4 Å². The van der Waals surface area contributed by atoms with E-state index >= 15 is 0 Å². The molecule has 1 aliphatic carbocycles. The summed E-state index contributed by atoms with van der Waals surface area (Å²) in [6.45, 7) is 13.5. The van der Waals surface area contributed by atoms with E-state index in [9.17, 15) is 10.1 Å². The van der Waals surface area contributed by atoms with Crippen molar-refractivity contribution in [1.82, 2.24) is 14.8 Å². The van der Waals surface area contributed by atoms with E-state index in [-0.39, 0.29) is 23.7 Å². The number of aryl methyl sites for hydroxylation is 1. The molecule has 1 N–H and O–H groups in total. The number of benzene rings is 1. The summed E-state index contributed by atoms with van der Waals surface area (Å²) in [5.41, 5.74) is 3.21. The minimum atomic E-state index is -0.167. The van der Waals surface area contributed by atoms with Crippen molar-refractivity contribution in [2.24, 2.45) is 11.3 Å². The molecule has 1 atom stereocenters. The van der Waals surface area contributed by atoms with Gasteiger partial charge < -0.3 is 10.1 Å². The Kier molecular flexibility index (Phi) is 8.95. The highest BCUT2D eigenvalue weighted by Crippen LogP contribution is 2.44. The average Bonchev–Trinajstić information content (AvgIpc) is 3.45. The molecule has 9 heteroatoms. The molecule has 0 spiro atoms. The molecule has 38 heavy (non-hydrogen) atoms. The molecule has 7 nitrogen and oxygen atoms in total. The summed E-state index contributed by atoms with van der Waals surface area (Å²) in [6.07, 6.45) is 5.67. The predicted molar refractivity (Wildman–Crippen MR) is 154 cm³/mol. The van der Waals surface area contributed by atoms with Gasteiger partial charge >= 0.3 is 0 Å². The molecule has 1 unspecified atom stereocenters. The highest BCUT2D eigenvalue weighted by molar-refractivity contribution is 7.99. The van der Waals surface area contributed by atoms with E-state index in [2.05, 4.69) is 55.9 Å². The smallest absolute Gasteiger partial charge is 0.235 e. The largest absolute Gasteiger partial charge is 0.486 e. The lowest BCUT2D eigenvalue weighted by Crippen LogP contribution is -2.26. The van der Waals surface area contributed by atoms with Gasteiger partial charge in [-0.1, -0.05) is 57.7 Å². The summed E-state index contributed by atoms with van der Waals surface area (Å²) in [7, 11) is 0. The van der Waals surface area contributed by atoms with Crippen LogP contribution in [0.2, 0.25) is 0 Å². The molecule has 3 aromatic rings. The molecule has 0 radical (unpaired) electrons. The zero-order valence-corrected chi connectivity index (χ0v) is 24.2. The normalized spacial score (nSPS) is 15.0. The number of aromatic nitrogens is 3. The Balaban J connectivity index is 1.39. The van der Waals surface area contributed by atoms with E-state index in [0.717, 1.165) is 37.0 Å². The van der Waals surface area contributed by atoms with Crippen molar-refractivity contribution in [3.8, 4) is 11.8 Å². The maximum atomic E-state index is 12.9. The third-order valence-electron chi connectivity index (χ3n) is 6.99. The average molecular weight is 550 g/mol. The number of fused-ring (bicyclic) bond motifs is 1. The van der Waals surface area contributed by atoms with Gasteiger partial charge in [-0.3, -0.25) is 9.36 Å². The zero-order valence-electron chi connectivity index (χ0n) is 22.5. The van der Waals surface area contributed by atoms with Crippen LogP contribution in [0.5, 0.6) is 5.75 Å². The third kappa shape index (κ3) is 6.48. The topological polar surface area (TPSA) is 92.8 Å². The first kappa shape index (κ1) is 27.9. The standard InChI is InChI=1S/C29H35N5O2S2/c1-6-14-34-25(17-36-21-11-8-19(7-2)9-12-21)32-33-28(34)37-18-26(35)31-27-23(16-30)22-13-10-20(29(3,4)5)15-24(22)38-27/h6,8-9,11-12,20H,1,7,10,13-15,17-18H2,2-5H3,(H,31,35). The fourth-order valence-corrected chi connectivity index (χ4v) is 6.70. The number of rotatable bonds is 10. The molecule has 0 bridgehead atoms. The molecule has 0 fully saturated rings. The Labute approximate surface area is 233 Å². The lowest BCUT2D eigenvalue weighted by Gasteiger charge is -2.33. The van der Waals surface area contributed by atoms with Crippen LogP contribution in [-0.4, -0.2) is 26.4 Å². The van der Waals surface area contributed by atoms with Gasteiger partial charge in [0.15, 0.2) is 11.0 Å². The number of allylic oxidation sites excluding steroid dienone is 1. The number of ether oxygens (including phenoxy) is 1. The van der Waals surface area contributed by atoms with Crippen molar-refractivity contribution in [1.29, 1.82) is 5.26 Å². The summed E-state index contributed by atoms with van der Waals surface area (Å²) in [6, 6.07) is 10.3. The maximum absolute atomic E-state index is 12.9. The van der Waals surface area contributed by atoms with Crippen molar-refractivity contribution in [2.45, 2.75) is 71.7 Å². The number of thiophene rings is 1. The summed E-state index contributed by atoms with van der Waals surface area (Å²) < 4.78 is 7.82. The molecule has 200 valence electrons. The first-order chi connectivity index (χ1) is 18.2. The van der Waals surface area contributed by atoms with Gasteiger partial charge in [0, 0.05) is 11.4 Å². The first-order valence-corrected chi connectivity index (χ1v) is 14.8. The molecule has 0 aliphatic heterocycles. The second kappa shape index (κ2) is 12.2. The Morgan fingerprint density at radius 2 is 2.11 bits per heavy atom. The Hall–Kier alpha value is -3.09. The van der Waals surface area contributed by atoms with Crippen molar-refractivity contribution < 1.29 is 9.53 Å². The molecule has 2 heterocycles. The minimum Gasteiger partial charge on any atom is -0.486 e. The summed E-state index contributed by atoms with van der Waals surface area (Å²) >= 11 is 2.86. The Morgan fingerprint density at radius 1 is 1.34 bits per heavy atom. The van der Waals surface area contributed by atoms with Crippen LogP contribution in [0, 0.1) is 22.7 Å². The van der Waals surface area contributed by atoms with Crippen LogP contribution in [0.3, 0.4) is 0 Å². The molecule has 1 aromatic carbocycles. The molecular weight excluding hydrogens is 514 g/mol. The second-order valence-corrected chi connectivity index (χ2v) is 12.6. The lowest BCUT2D eigenvalue weighted by atomic mass is 9.72. The van der Waals surface area contributed by atoms with E-state index < -0.39 is 0 Å². The van der Waals surface area contributed by atoms with Crippen molar-refractivity contribution in [3.63, 3.8) is 0 Å². The number of anilines is 1. The van der Waals surface area contributed by atoms with Crippen LogP contribution in [0.15, 0.2) is 42.1 Å². The zero-order chi connectivity index (χ0) is 27.3. The monoisotopic (exact) mass is 549 g/mol. The Bertz CT molecular complexity index is 1330. The summed E-state index contributed by atoms with van der Waals surface area (Å²) in [4.78, 5) is 14.1. The highest BCUT2D eigenvalue weighted by atomic mass is 32.2. The fraction of sp³-hybridized carbons (Fsp3) is 0.448. The number of carbonyl (C=O) groups excluding carboxylic acids is 1. The fourth-order valence-electron chi connectivity index (χ4n) is 4.64. The lowest BCUT2D eigenvalue weighted by molar-refractivity contribution is -0.113. The van der Waals surface area contributed by atoms with Crippen LogP contribution in [0.25, 0.3) is 0 Å². The minimum absolute atomic E-state index is 0.159. The maximum Gasteiger partial charge on any atom is 0.235 e. The molecule has 1 amide bonds. The van der Waals surface area contributed by atoms with Gasteiger partial charge in [0.1, 0.15) is 23.4 Å². The number of carbonyl (C=O) groups is 1. The molecule has 2 aromatic heterocycles. The highest BCUT2D eigenvalue weighted by Gasteiger charge is 2.32. The SMILES string of the molecule is C=CCn1c(COc2ccc(CC)cc2)nnc1SCC(=O)Nc1sc2c(c1C#N)CCC(C(C)(C)C)C2. The van der Waals surface area contributed by atoms with Gasteiger partial charge in [-0.25, -0.2) is 0 Å². The van der Waals surface area contributed by atoms with Gasteiger partial charge in [0.25, 0.3) is 0 Å². The molecule has 1 aliphatic rings. The molecular formula is C29H35N5O2S2. The van der Waals surface area contributed by atoms with Gasteiger partial charge in [-0.15, -0.1) is 28.1 Å². The molecule has 0 saturated carbocycles. The number of thioether (sulfide) groups is 1. The molecule has 0 saturated heterocycles. The van der Waals surface area contributed by atoms with Crippen molar-refractivity contribution in [2.75, 3.05) is 11.1 Å². The molecule has 4 rings (SSSR count). The Morgan fingerprint density at radius 3 is 2.76 bits per heavy atom. The summed E-state index contributed by atoms with van der Waals surface area (Å²) in [5, 5.41) is 22.7. The number of nitrogens with zero attached hydrogens (tertiary/aromatic N) is 4. The summed E-state index contributed by atoms with van der Waals surface area (Å²) in [5.74, 6) is 2.00. The third-order valence-corrected chi connectivity index (χ3v) is 9.13. The van der Waals surface area contributed by atoms with Crippen LogP contribution >= 0.6 is 23.1 Å². The van der Waals surface area contributed by atoms with E-state index in [0.29, 0.717) is 34.0 Å². The number of amides is 1. The van der Waals surface area contributed by atoms with Gasteiger partial charge in [0.2, 0.25) is 5.91 Å². The second-order valence-electron chi connectivity index (χ2n) is 10.5. The van der Waals surface area contributed by atoms with Crippen molar-refractivity contribution in [3.05, 3.63) is 64.3 Å². The van der Waals surface area contributed by atoms with E-state index in [4.69, 9.17) is 4.74 Å². The number of nitrogens with one attached hydrogen (secondary N) is 1. The van der Waals surface area contributed by atoms with Crippen LogP contribution in [0.1, 0.15) is 61.5 Å². The van der Waals surface area contributed by atoms with Crippen molar-refractivity contribution >= 4 is 34.0 Å². The van der Waals surface area contributed by atoms with Gasteiger partial charge in [-0.2, -0.15) is 5.26 Å². The van der Waals surface area contributed by atoms with Gasteiger partial charge in [-0.05, 0) is 60.3 Å². The van der Waals surface area contributed by atoms with Crippen LogP contribution < -0.4 is 10.1 Å². The predicted octanol–water partition coefficient (Wildman–Crippen LogP) is 6.42. The number of hydrogen-bond donors (Lipinski definition) is 1. The van der Waals surface area contributed by atoms with Crippen LogP contribution in [0.4, 0.5) is 5.00 Å². The quantitative estimate of drug-likeness (QED) is 0.232. The van der Waals surface area contributed by atoms with Gasteiger partial charge in [0.05, 0.1) is 11.3 Å². The number of nitriles is 1. The number of hydrogen-bond acceptors (Lipinski definition) is 7. The van der Waals surface area contributed by atoms with E-state index in [1.165, 1.54) is 22.2 Å².